The Labute approximate surface area is 407 Å². The molecular formula is C47H82N14O8. The number of aliphatic imine (C=N–C) groups is 1. The van der Waals surface area contributed by atoms with Crippen LogP contribution >= 0.6 is 0 Å². The Bertz CT molecular complexity index is 1890. The number of carbonyl (C=O) groups is 8. The van der Waals surface area contributed by atoms with E-state index in [2.05, 4.69) is 47.5 Å². The maximum absolute atomic E-state index is 14.2. The Balaban J connectivity index is 3.33. The quantitative estimate of drug-likeness (QED) is 0.0250. The van der Waals surface area contributed by atoms with E-state index < -0.39 is 96.0 Å². The van der Waals surface area contributed by atoms with Crippen molar-refractivity contribution in [3.8, 4) is 0 Å². The number of amidine groups is 1. The summed E-state index contributed by atoms with van der Waals surface area (Å²) >= 11 is 0. The fourth-order valence-corrected chi connectivity index (χ4v) is 7.13. The van der Waals surface area contributed by atoms with Crippen molar-refractivity contribution in [1.82, 2.24) is 42.5 Å². The SMILES string of the molecule is CC(=O)N[C@@H](CC(C)C)C(=O)NCC(=O)N[C@@H](CC(C)C)C(=O)N[C@@H](CC(C)C)C(=O)N[C@@H](CCCN=C(N)N)C(=O)N[C@H](C(=O)N[C@@H](CCCCN)C(=O)NCc1ccc(C(=N)N)cc1)C(C)C. The molecule has 1 rings (SSSR count). The molecule has 0 unspecified atom stereocenters. The molecule has 0 aliphatic carbocycles. The van der Waals surface area contributed by atoms with Crippen molar-refractivity contribution in [3.05, 3.63) is 35.4 Å². The third-order valence-electron chi connectivity index (χ3n) is 10.7. The van der Waals surface area contributed by atoms with Gasteiger partial charge < -0.3 is 65.5 Å². The lowest BCUT2D eigenvalue weighted by Crippen LogP contribution is -2.60. The molecule has 0 saturated heterocycles. The highest BCUT2D eigenvalue weighted by Gasteiger charge is 2.34. The van der Waals surface area contributed by atoms with Crippen LogP contribution < -0.4 is 65.5 Å². The van der Waals surface area contributed by atoms with Crippen LogP contribution in [0.5, 0.6) is 0 Å². The van der Waals surface area contributed by atoms with Gasteiger partial charge in [0.25, 0.3) is 0 Å². The lowest BCUT2D eigenvalue weighted by molar-refractivity contribution is -0.136. The molecule has 22 heteroatoms. The van der Waals surface area contributed by atoms with Gasteiger partial charge in [-0.25, -0.2) is 0 Å². The molecule has 0 radical (unpaired) electrons. The zero-order valence-corrected chi connectivity index (χ0v) is 42.1. The number of benzene rings is 1. The van der Waals surface area contributed by atoms with Crippen LogP contribution in [0.15, 0.2) is 29.3 Å². The number of nitrogens with two attached hydrogens (primary N) is 4. The molecule has 0 spiro atoms. The van der Waals surface area contributed by atoms with Crippen LogP contribution in [0.2, 0.25) is 0 Å². The van der Waals surface area contributed by atoms with E-state index in [0.717, 1.165) is 5.56 Å². The largest absolute Gasteiger partial charge is 0.384 e. The minimum Gasteiger partial charge on any atom is -0.384 e. The van der Waals surface area contributed by atoms with Crippen molar-refractivity contribution in [3.63, 3.8) is 0 Å². The van der Waals surface area contributed by atoms with Crippen LogP contribution in [0.1, 0.15) is 125 Å². The third kappa shape index (κ3) is 25.0. The fourth-order valence-electron chi connectivity index (χ4n) is 7.13. The number of hydrogen-bond donors (Lipinski definition) is 13. The Morgan fingerprint density at radius 3 is 1.52 bits per heavy atom. The molecule has 6 atom stereocenters. The lowest BCUT2D eigenvalue weighted by Gasteiger charge is -2.29. The summed E-state index contributed by atoms with van der Waals surface area (Å²) in [7, 11) is 0. The molecule has 0 aliphatic rings. The van der Waals surface area contributed by atoms with Gasteiger partial charge in [-0.3, -0.25) is 48.8 Å². The van der Waals surface area contributed by atoms with Crippen molar-refractivity contribution >= 4 is 59.1 Å². The Kier molecular flexibility index (Phi) is 27.9. The summed E-state index contributed by atoms with van der Waals surface area (Å²) in [6.45, 7) is 16.1. The normalized spacial score (nSPS) is 13.8. The highest BCUT2D eigenvalue weighted by molar-refractivity contribution is 5.97. The van der Waals surface area contributed by atoms with E-state index in [1.54, 1.807) is 38.1 Å². The molecule has 0 bridgehead atoms. The Hall–Kier alpha value is -6.32. The standard InChI is InChI=1S/C47H82N14O8/c1-26(2)21-35(56-30(9)62)42(65)55-25-38(63)57-36(22-27(3)4)44(67)60-37(23-28(5)6)45(68)58-34(14-12-20-53-47(51)52)43(66)61-39(29(7)8)46(69)59-33(13-10-11-19-48)41(64)54-24-31-15-17-32(18-16-31)40(49)50/h15-18,26-29,33-37,39H,10-14,19-25,48H2,1-9H3,(H3,49,50)(H,54,64)(H,55,65)(H,56,62)(H,57,63)(H,58,68)(H,59,69)(H,60,67)(H,61,66)(H4,51,52,53)/t33-,34-,35-,36-,37-,39-/m0/s1. The van der Waals surface area contributed by atoms with Crippen LogP contribution in [0.25, 0.3) is 0 Å². The Morgan fingerprint density at radius 1 is 0.565 bits per heavy atom. The molecule has 22 nitrogen and oxygen atoms in total. The molecule has 17 N–H and O–H groups in total. The first-order chi connectivity index (χ1) is 32.3. The van der Waals surface area contributed by atoms with Gasteiger partial charge in [-0.15, -0.1) is 0 Å². The predicted octanol–water partition coefficient (Wildman–Crippen LogP) is -0.391. The van der Waals surface area contributed by atoms with Crippen LogP contribution in [0.3, 0.4) is 0 Å². The van der Waals surface area contributed by atoms with E-state index in [-0.39, 0.29) is 74.7 Å². The average Bonchev–Trinajstić information content (AvgIpc) is 3.25. The zero-order chi connectivity index (χ0) is 52.4. The van der Waals surface area contributed by atoms with Crippen molar-refractivity contribution in [1.29, 1.82) is 5.41 Å². The van der Waals surface area contributed by atoms with Gasteiger partial charge in [0.1, 0.15) is 42.1 Å². The number of nitrogen functional groups attached to an aromatic ring is 1. The van der Waals surface area contributed by atoms with E-state index in [0.29, 0.717) is 31.4 Å². The van der Waals surface area contributed by atoms with Gasteiger partial charge in [0.2, 0.25) is 47.3 Å². The monoisotopic (exact) mass is 971 g/mol. The van der Waals surface area contributed by atoms with Gasteiger partial charge >= 0.3 is 0 Å². The molecule has 0 heterocycles. The number of rotatable bonds is 32. The number of carbonyl (C=O) groups excluding carboxylic acids is 8. The number of unbranched alkanes of at least 4 members (excludes halogenated alkanes) is 1. The summed E-state index contributed by atoms with van der Waals surface area (Å²) in [5.74, 6) is -5.65. The van der Waals surface area contributed by atoms with Gasteiger partial charge in [-0.05, 0) is 87.1 Å². The first-order valence-corrected chi connectivity index (χ1v) is 23.9. The summed E-state index contributed by atoms with van der Waals surface area (Å²) in [6.07, 6.45) is 2.33. The number of nitrogens with zero attached hydrogens (tertiary/aromatic N) is 1. The summed E-state index contributed by atoms with van der Waals surface area (Å²) < 4.78 is 0. The molecule has 0 fully saturated rings. The van der Waals surface area contributed by atoms with E-state index in [1.807, 2.05) is 41.5 Å². The molecule has 0 aliphatic heterocycles. The van der Waals surface area contributed by atoms with Gasteiger partial charge in [0.05, 0.1) is 6.54 Å². The van der Waals surface area contributed by atoms with Crippen molar-refractivity contribution in [2.75, 3.05) is 19.6 Å². The molecule has 0 saturated carbocycles. The summed E-state index contributed by atoms with van der Waals surface area (Å²) in [6, 6.07) is 0.281. The highest BCUT2D eigenvalue weighted by atomic mass is 16.2. The summed E-state index contributed by atoms with van der Waals surface area (Å²) in [5, 5.41) is 29.3. The van der Waals surface area contributed by atoms with Crippen LogP contribution in [0, 0.1) is 29.1 Å². The lowest BCUT2D eigenvalue weighted by atomic mass is 9.99. The molecular weight excluding hydrogens is 889 g/mol. The molecule has 0 aromatic heterocycles. The molecule has 1 aromatic carbocycles. The van der Waals surface area contributed by atoms with E-state index in [4.69, 9.17) is 28.3 Å². The van der Waals surface area contributed by atoms with E-state index in [1.165, 1.54) is 6.92 Å². The number of nitrogens with one attached hydrogen (secondary N) is 9. The number of hydrogen-bond acceptors (Lipinski definition) is 11. The fraction of sp³-hybridized carbons (Fsp3) is 0.660. The second-order valence-electron chi connectivity index (χ2n) is 19.0. The molecule has 8 amide bonds. The average molecular weight is 971 g/mol. The minimum atomic E-state index is -1.24. The zero-order valence-electron chi connectivity index (χ0n) is 42.1. The molecule has 69 heavy (non-hydrogen) atoms. The first-order valence-electron chi connectivity index (χ1n) is 23.9. The van der Waals surface area contributed by atoms with Gasteiger partial charge in [-0.1, -0.05) is 79.7 Å². The smallest absolute Gasteiger partial charge is 0.243 e. The van der Waals surface area contributed by atoms with Gasteiger partial charge in [-0.2, -0.15) is 0 Å². The number of amides is 8. The minimum absolute atomic E-state index is 0.0262. The number of guanidine groups is 1. The topological polar surface area (TPSA) is 373 Å². The summed E-state index contributed by atoms with van der Waals surface area (Å²) in [5.41, 5.74) is 23.6. The van der Waals surface area contributed by atoms with Gasteiger partial charge in [0, 0.05) is 25.6 Å². The molecule has 1 aromatic rings. The van der Waals surface area contributed by atoms with E-state index >= 15 is 0 Å². The van der Waals surface area contributed by atoms with Crippen LogP contribution in [-0.2, 0) is 44.9 Å². The second kappa shape index (κ2) is 31.7. The maximum Gasteiger partial charge on any atom is 0.243 e. The Morgan fingerprint density at radius 2 is 1.03 bits per heavy atom. The summed E-state index contributed by atoms with van der Waals surface area (Å²) in [4.78, 5) is 111. The van der Waals surface area contributed by atoms with Gasteiger partial charge in [0.15, 0.2) is 5.96 Å². The second-order valence-corrected chi connectivity index (χ2v) is 19.0. The van der Waals surface area contributed by atoms with Crippen molar-refractivity contribution in [2.45, 2.75) is 156 Å². The third-order valence-corrected chi connectivity index (χ3v) is 10.7. The van der Waals surface area contributed by atoms with Crippen LogP contribution in [0.4, 0.5) is 0 Å². The van der Waals surface area contributed by atoms with E-state index in [9.17, 15) is 38.4 Å². The molecule has 388 valence electrons. The predicted molar refractivity (Wildman–Crippen MR) is 266 cm³/mol. The van der Waals surface area contributed by atoms with Crippen molar-refractivity contribution in [2.24, 2.45) is 51.6 Å². The van der Waals surface area contributed by atoms with Crippen molar-refractivity contribution < 1.29 is 38.4 Å². The van der Waals surface area contributed by atoms with Crippen LogP contribution in [-0.4, -0.2) is 115 Å². The highest BCUT2D eigenvalue weighted by Crippen LogP contribution is 2.13. The maximum atomic E-state index is 14.2. The first kappa shape index (κ1) is 60.7.